The molecular weight excluding hydrogens is 432 g/mol. The average molecular weight is 457 g/mol. The zero-order valence-corrected chi connectivity index (χ0v) is 17.9. The number of halogens is 1. The SMILES string of the molecule is O=C(NC1(c2cccc(Br)c2)CCOCC1)c1ccc(CN2CCCC2=O)cc1. The molecule has 1 N–H and O–H groups in total. The van der Waals surface area contributed by atoms with Gasteiger partial charge in [0.25, 0.3) is 5.91 Å². The van der Waals surface area contributed by atoms with E-state index in [9.17, 15) is 9.59 Å². The quantitative estimate of drug-likeness (QED) is 0.739. The molecule has 0 unspecified atom stereocenters. The highest BCUT2D eigenvalue weighted by Crippen LogP contribution is 2.34. The lowest BCUT2D eigenvalue weighted by Gasteiger charge is -2.38. The van der Waals surface area contributed by atoms with Crippen LogP contribution in [-0.4, -0.2) is 36.5 Å². The van der Waals surface area contributed by atoms with Gasteiger partial charge in [0.2, 0.25) is 5.91 Å². The first kappa shape index (κ1) is 20.1. The van der Waals surface area contributed by atoms with Gasteiger partial charge in [0.05, 0.1) is 5.54 Å². The first-order valence-corrected chi connectivity index (χ1v) is 10.9. The van der Waals surface area contributed by atoms with Crippen molar-refractivity contribution in [1.29, 1.82) is 0 Å². The molecule has 5 nitrogen and oxygen atoms in total. The Bertz CT molecular complexity index is 891. The van der Waals surface area contributed by atoms with Crippen molar-refractivity contribution in [2.24, 2.45) is 0 Å². The van der Waals surface area contributed by atoms with Gasteiger partial charge >= 0.3 is 0 Å². The summed E-state index contributed by atoms with van der Waals surface area (Å²) in [4.78, 5) is 26.7. The van der Waals surface area contributed by atoms with E-state index in [4.69, 9.17) is 4.74 Å². The zero-order chi connectivity index (χ0) is 20.3. The number of hydrogen-bond donors (Lipinski definition) is 1. The summed E-state index contributed by atoms with van der Waals surface area (Å²) in [5, 5.41) is 3.29. The molecule has 29 heavy (non-hydrogen) atoms. The van der Waals surface area contributed by atoms with Gasteiger partial charge in [0.15, 0.2) is 0 Å². The Hall–Kier alpha value is -2.18. The van der Waals surface area contributed by atoms with E-state index in [0.717, 1.165) is 41.4 Å². The Labute approximate surface area is 179 Å². The van der Waals surface area contributed by atoms with Crippen molar-refractivity contribution in [3.8, 4) is 0 Å². The van der Waals surface area contributed by atoms with Gasteiger partial charge in [-0.05, 0) is 54.7 Å². The number of ether oxygens (including phenoxy) is 1. The van der Waals surface area contributed by atoms with Crippen LogP contribution in [0.2, 0.25) is 0 Å². The van der Waals surface area contributed by atoms with E-state index >= 15 is 0 Å². The second-order valence-electron chi connectivity index (χ2n) is 7.77. The molecule has 2 aliphatic rings. The molecule has 2 amide bonds. The van der Waals surface area contributed by atoms with Crippen molar-refractivity contribution in [1.82, 2.24) is 10.2 Å². The molecule has 2 aromatic rings. The Morgan fingerprint density at radius 2 is 1.90 bits per heavy atom. The molecule has 0 atom stereocenters. The van der Waals surface area contributed by atoms with E-state index in [1.54, 1.807) is 0 Å². The summed E-state index contributed by atoms with van der Waals surface area (Å²) >= 11 is 3.54. The third-order valence-corrected chi connectivity index (χ3v) is 6.33. The van der Waals surface area contributed by atoms with Crippen LogP contribution < -0.4 is 5.32 Å². The highest BCUT2D eigenvalue weighted by atomic mass is 79.9. The molecule has 2 fully saturated rings. The largest absolute Gasteiger partial charge is 0.381 e. The van der Waals surface area contributed by atoms with Crippen LogP contribution in [0.15, 0.2) is 53.0 Å². The Morgan fingerprint density at radius 3 is 2.55 bits per heavy atom. The number of carbonyl (C=O) groups excluding carboxylic acids is 2. The van der Waals surface area contributed by atoms with Crippen LogP contribution in [0.1, 0.15) is 47.2 Å². The van der Waals surface area contributed by atoms with Crippen LogP contribution in [-0.2, 0) is 21.6 Å². The summed E-state index contributed by atoms with van der Waals surface area (Å²) < 4.78 is 6.55. The first-order chi connectivity index (χ1) is 14.1. The number of amides is 2. The van der Waals surface area contributed by atoms with Crippen LogP contribution in [0.4, 0.5) is 0 Å². The van der Waals surface area contributed by atoms with Gasteiger partial charge < -0.3 is 15.0 Å². The minimum atomic E-state index is -0.431. The highest BCUT2D eigenvalue weighted by Gasteiger charge is 2.36. The van der Waals surface area contributed by atoms with Crippen molar-refractivity contribution in [3.05, 3.63) is 69.7 Å². The van der Waals surface area contributed by atoms with Gasteiger partial charge in [-0.15, -0.1) is 0 Å². The average Bonchev–Trinajstić information content (AvgIpc) is 3.13. The van der Waals surface area contributed by atoms with E-state index in [-0.39, 0.29) is 11.8 Å². The van der Waals surface area contributed by atoms with Crippen LogP contribution >= 0.6 is 15.9 Å². The maximum atomic E-state index is 13.1. The summed E-state index contributed by atoms with van der Waals surface area (Å²) in [6.45, 7) is 2.67. The number of hydrogen-bond acceptors (Lipinski definition) is 3. The predicted octanol–water partition coefficient (Wildman–Crippen LogP) is 4.01. The van der Waals surface area contributed by atoms with Crippen LogP contribution in [0.3, 0.4) is 0 Å². The number of nitrogens with zero attached hydrogens (tertiary/aromatic N) is 1. The molecule has 0 aliphatic carbocycles. The van der Waals surface area contributed by atoms with Gasteiger partial charge in [-0.3, -0.25) is 9.59 Å². The van der Waals surface area contributed by atoms with Crippen molar-refractivity contribution in [2.45, 2.75) is 37.8 Å². The number of carbonyl (C=O) groups is 2. The van der Waals surface area contributed by atoms with Crippen molar-refractivity contribution in [3.63, 3.8) is 0 Å². The molecule has 2 saturated heterocycles. The van der Waals surface area contributed by atoms with Crippen LogP contribution in [0.5, 0.6) is 0 Å². The summed E-state index contributed by atoms with van der Waals surface area (Å²) in [7, 11) is 0. The molecule has 0 radical (unpaired) electrons. The predicted molar refractivity (Wildman–Crippen MR) is 114 cm³/mol. The molecular formula is C23H25BrN2O3. The Balaban J connectivity index is 1.49. The highest BCUT2D eigenvalue weighted by molar-refractivity contribution is 9.10. The Morgan fingerprint density at radius 1 is 1.14 bits per heavy atom. The number of rotatable bonds is 5. The van der Waals surface area contributed by atoms with Crippen LogP contribution in [0.25, 0.3) is 0 Å². The van der Waals surface area contributed by atoms with E-state index in [2.05, 4.69) is 33.4 Å². The fraction of sp³-hybridized carbons (Fsp3) is 0.391. The smallest absolute Gasteiger partial charge is 0.251 e. The van der Waals surface area contributed by atoms with E-state index in [1.807, 2.05) is 41.3 Å². The van der Waals surface area contributed by atoms with Crippen molar-refractivity contribution < 1.29 is 14.3 Å². The van der Waals surface area contributed by atoms with Gasteiger partial charge in [0.1, 0.15) is 0 Å². The third kappa shape index (κ3) is 4.54. The Kier molecular flexibility index (Phi) is 6.01. The van der Waals surface area contributed by atoms with Gasteiger partial charge in [-0.25, -0.2) is 0 Å². The lowest BCUT2D eigenvalue weighted by molar-refractivity contribution is -0.128. The number of likely N-dealkylation sites (tertiary alicyclic amines) is 1. The molecule has 2 heterocycles. The first-order valence-electron chi connectivity index (χ1n) is 10.1. The topological polar surface area (TPSA) is 58.6 Å². The summed E-state index contributed by atoms with van der Waals surface area (Å²) in [5.74, 6) is 0.123. The molecule has 0 aromatic heterocycles. The molecule has 152 valence electrons. The second-order valence-corrected chi connectivity index (χ2v) is 8.69. The summed E-state index contributed by atoms with van der Waals surface area (Å²) in [5.41, 5.74) is 2.33. The molecule has 4 rings (SSSR count). The minimum absolute atomic E-state index is 0.0873. The van der Waals surface area contributed by atoms with E-state index in [1.165, 1.54) is 0 Å². The van der Waals surface area contributed by atoms with Gasteiger partial charge in [0, 0.05) is 42.8 Å². The van der Waals surface area contributed by atoms with Crippen LogP contribution in [0, 0.1) is 0 Å². The molecule has 2 aliphatic heterocycles. The maximum absolute atomic E-state index is 13.1. The van der Waals surface area contributed by atoms with E-state index in [0.29, 0.717) is 31.7 Å². The normalized spacial score (nSPS) is 18.7. The lowest BCUT2D eigenvalue weighted by Crippen LogP contribution is -2.49. The summed E-state index contributed by atoms with van der Waals surface area (Å²) in [6.07, 6.45) is 3.05. The molecule has 0 bridgehead atoms. The van der Waals surface area contributed by atoms with Gasteiger partial charge in [-0.2, -0.15) is 0 Å². The third-order valence-electron chi connectivity index (χ3n) is 5.84. The zero-order valence-electron chi connectivity index (χ0n) is 16.3. The van der Waals surface area contributed by atoms with Gasteiger partial charge in [-0.1, -0.05) is 40.2 Å². The molecule has 0 saturated carbocycles. The standard InChI is InChI=1S/C23H25BrN2O3/c24-20-4-1-3-19(15-20)23(10-13-29-14-11-23)25-22(28)18-8-6-17(7-9-18)16-26-12-2-5-21(26)27/h1,3-4,6-9,15H,2,5,10-14,16H2,(H,25,28). The lowest BCUT2D eigenvalue weighted by atomic mass is 9.82. The minimum Gasteiger partial charge on any atom is -0.381 e. The van der Waals surface area contributed by atoms with Crippen molar-refractivity contribution in [2.75, 3.05) is 19.8 Å². The van der Waals surface area contributed by atoms with Crippen molar-refractivity contribution >= 4 is 27.7 Å². The summed E-state index contributed by atoms with van der Waals surface area (Å²) in [6, 6.07) is 15.7. The fourth-order valence-electron chi connectivity index (χ4n) is 4.13. The molecule has 2 aromatic carbocycles. The monoisotopic (exact) mass is 456 g/mol. The second kappa shape index (κ2) is 8.67. The molecule has 0 spiro atoms. The molecule has 6 heteroatoms. The number of nitrogens with one attached hydrogen (secondary N) is 1. The fourth-order valence-corrected chi connectivity index (χ4v) is 4.53. The maximum Gasteiger partial charge on any atom is 0.251 e. The number of benzene rings is 2. The van der Waals surface area contributed by atoms with E-state index < -0.39 is 5.54 Å².